The number of hydrogen-bond donors (Lipinski definition) is 2. The SMILES string of the molecule is Cc1ccccc1C(=O)NN1C[C@H](C(=O)OCC(=O)Nc2cccc3ccccc23)CC1=O. The molecule has 8 heteroatoms. The third-order valence-electron chi connectivity index (χ3n) is 5.49. The van der Waals surface area contributed by atoms with E-state index in [0.29, 0.717) is 11.3 Å². The monoisotopic (exact) mass is 445 g/mol. The van der Waals surface area contributed by atoms with Gasteiger partial charge >= 0.3 is 5.97 Å². The summed E-state index contributed by atoms with van der Waals surface area (Å²) in [5.74, 6) is -2.72. The van der Waals surface area contributed by atoms with Crippen LogP contribution in [0.2, 0.25) is 0 Å². The topological polar surface area (TPSA) is 105 Å². The Morgan fingerprint density at radius 3 is 2.55 bits per heavy atom. The zero-order valence-corrected chi connectivity index (χ0v) is 18.0. The van der Waals surface area contributed by atoms with E-state index in [2.05, 4.69) is 10.7 Å². The lowest BCUT2D eigenvalue weighted by molar-refractivity contribution is -0.151. The van der Waals surface area contributed by atoms with Gasteiger partial charge in [-0.05, 0) is 30.0 Å². The number of fused-ring (bicyclic) bond motifs is 1. The normalized spacial score (nSPS) is 15.4. The standard InChI is InChI=1S/C25H23N3O5/c1-16-7-2-4-10-19(16)24(31)27-28-14-18(13-23(28)30)25(32)33-15-22(29)26-21-12-6-9-17-8-3-5-11-20(17)21/h2-12,18H,13-15H2,1H3,(H,26,29)(H,27,31)/t18-/m1/s1. The molecule has 0 aromatic heterocycles. The highest BCUT2D eigenvalue weighted by atomic mass is 16.5. The second-order valence-electron chi connectivity index (χ2n) is 7.84. The van der Waals surface area contributed by atoms with Crippen molar-refractivity contribution in [2.45, 2.75) is 13.3 Å². The number of carbonyl (C=O) groups is 4. The van der Waals surface area contributed by atoms with Crippen LogP contribution in [0.3, 0.4) is 0 Å². The van der Waals surface area contributed by atoms with Gasteiger partial charge in [-0.1, -0.05) is 54.6 Å². The molecule has 1 aliphatic heterocycles. The minimum absolute atomic E-state index is 0.0137. The van der Waals surface area contributed by atoms with Gasteiger partial charge in [0.15, 0.2) is 6.61 Å². The highest BCUT2D eigenvalue weighted by Gasteiger charge is 2.36. The molecule has 0 bridgehead atoms. The Labute approximate surface area is 190 Å². The molecule has 0 unspecified atom stereocenters. The Hall–Kier alpha value is -4.20. The molecule has 0 saturated carbocycles. The number of benzene rings is 3. The fourth-order valence-electron chi connectivity index (χ4n) is 3.76. The molecule has 33 heavy (non-hydrogen) atoms. The van der Waals surface area contributed by atoms with E-state index in [0.717, 1.165) is 21.3 Å². The predicted molar refractivity (Wildman–Crippen MR) is 122 cm³/mol. The molecular weight excluding hydrogens is 422 g/mol. The predicted octanol–water partition coefficient (Wildman–Crippen LogP) is 2.82. The van der Waals surface area contributed by atoms with Gasteiger partial charge in [0.05, 0.1) is 12.5 Å². The molecule has 8 nitrogen and oxygen atoms in total. The van der Waals surface area contributed by atoms with Gasteiger partial charge in [0.25, 0.3) is 11.8 Å². The largest absolute Gasteiger partial charge is 0.455 e. The second kappa shape index (κ2) is 9.52. The maximum absolute atomic E-state index is 12.5. The number of rotatable bonds is 6. The van der Waals surface area contributed by atoms with Crippen LogP contribution in [0.1, 0.15) is 22.3 Å². The summed E-state index contributed by atoms with van der Waals surface area (Å²) in [6, 6.07) is 20.1. The van der Waals surface area contributed by atoms with Gasteiger partial charge in [-0.25, -0.2) is 0 Å². The fourth-order valence-corrected chi connectivity index (χ4v) is 3.76. The number of hydrogen-bond acceptors (Lipinski definition) is 5. The van der Waals surface area contributed by atoms with Gasteiger partial charge in [-0.2, -0.15) is 0 Å². The smallest absolute Gasteiger partial charge is 0.311 e. The van der Waals surface area contributed by atoms with Crippen LogP contribution in [0, 0.1) is 12.8 Å². The molecule has 0 aliphatic carbocycles. The lowest BCUT2D eigenvalue weighted by Gasteiger charge is -2.18. The average molecular weight is 445 g/mol. The van der Waals surface area contributed by atoms with Crippen molar-refractivity contribution in [3.63, 3.8) is 0 Å². The third kappa shape index (κ3) is 5.01. The van der Waals surface area contributed by atoms with Gasteiger partial charge in [0.2, 0.25) is 5.91 Å². The van der Waals surface area contributed by atoms with Gasteiger partial charge in [0, 0.05) is 23.1 Å². The lowest BCUT2D eigenvalue weighted by atomic mass is 10.1. The number of nitrogens with zero attached hydrogens (tertiary/aromatic N) is 1. The second-order valence-corrected chi connectivity index (χ2v) is 7.84. The molecule has 1 saturated heterocycles. The first kappa shape index (κ1) is 22.0. The van der Waals surface area contributed by atoms with Crippen molar-refractivity contribution in [3.05, 3.63) is 77.9 Å². The summed E-state index contributed by atoms with van der Waals surface area (Å²) in [6.07, 6.45) is -0.0994. The van der Waals surface area contributed by atoms with Crippen molar-refractivity contribution in [3.8, 4) is 0 Å². The summed E-state index contributed by atoms with van der Waals surface area (Å²) in [6.45, 7) is 1.31. The van der Waals surface area contributed by atoms with E-state index in [-0.39, 0.29) is 18.9 Å². The number of nitrogens with one attached hydrogen (secondary N) is 2. The zero-order chi connectivity index (χ0) is 23.4. The van der Waals surface area contributed by atoms with E-state index in [1.807, 2.05) is 42.5 Å². The molecule has 1 aliphatic rings. The van der Waals surface area contributed by atoms with Crippen LogP contribution in [-0.2, 0) is 19.1 Å². The van der Waals surface area contributed by atoms with Crippen molar-refractivity contribution in [2.24, 2.45) is 5.92 Å². The van der Waals surface area contributed by atoms with Crippen LogP contribution < -0.4 is 10.7 Å². The third-order valence-corrected chi connectivity index (χ3v) is 5.49. The van der Waals surface area contributed by atoms with Crippen LogP contribution >= 0.6 is 0 Å². The first-order valence-electron chi connectivity index (χ1n) is 10.5. The van der Waals surface area contributed by atoms with E-state index < -0.39 is 30.3 Å². The van der Waals surface area contributed by atoms with E-state index in [1.54, 1.807) is 31.2 Å². The molecular formula is C25H23N3O5. The number of aryl methyl sites for hydroxylation is 1. The van der Waals surface area contributed by atoms with Crippen LogP contribution in [-0.4, -0.2) is 41.9 Å². The lowest BCUT2D eigenvalue weighted by Crippen LogP contribution is -2.43. The highest BCUT2D eigenvalue weighted by Crippen LogP contribution is 2.23. The number of anilines is 1. The van der Waals surface area contributed by atoms with E-state index >= 15 is 0 Å². The highest BCUT2D eigenvalue weighted by molar-refractivity contribution is 6.03. The first-order valence-corrected chi connectivity index (χ1v) is 10.5. The van der Waals surface area contributed by atoms with E-state index in [4.69, 9.17) is 4.74 Å². The van der Waals surface area contributed by atoms with Crippen molar-refractivity contribution in [1.82, 2.24) is 10.4 Å². The maximum atomic E-state index is 12.5. The van der Waals surface area contributed by atoms with Gasteiger partial charge in [-0.15, -0.1) is 0 Å². The average Bonchev–Trinajstić information content (AvgIpc) is 3.18. The van der Waals surface area contributed by atoms with Crippen molar-refractivity contribution >= 4 is 40.2 Å². The molecule has 1 heterocycles. The minimum atomic E-state index is -0.764. The van der Waals surface area contributed by atoms with Crippen LogP contribution in [0.25, 0.3) is 10.8 Å². The van der Waals surface area contributed by atoms with Crippen molar-refractivity contribution in [2.75, 3.05) is 18.5 Å². The van der Waals surface area contributed by atoms with Crippen LogP contribution in [0.5, 0.6) is 0 Å². The molecule has 4 rings (SSSR count). The van der Waals surface area contributed by atoms with Gasteiger partial charge in [-0.3, -0.25) is 29.6 Å². The Morgan fingerprint density at radius 1 is 1.00 bits per heavy atom. The van der Waals surface area contributed by atoms with Crippen LogP contribution in [0.4, 0.5) is 5.69 Å². The Bertz CT molecular complexity index is 1230. The molecule has 0 radical (unpaired) electrons. The number of ether oxygens (including phenoxy) is 1. The molecule has 0 spiro atoms. The Balaban J connectivity index is 1.30. The Morgan fingerprint density at radius 2 is 1.73 bits per heavy atom. The number of carbonyl (C=O) groups excluding carboxylic acids is 4. The number of amides is 3. The van der Waals surface area contributed by atoms with E-state index in [9.17, 15) is 19.2 Å². The Kier molecular flexibility index (Phi) is 6.35. The summed E-state index contributed by atoms with van der Waals surface area (Å²) < 4.78 is 5.13. The summed E-state index contributed by atoms with van der Waals surface area (Å²) >= 11 is 0. The van der Waals surface area contributed by atoms with Gasteiger partial charge in [0.1, 0.15) is 0 Å². The molecule has 3 aromatic rings. The molecule has 168 valence electrons. The summed E-state index contributed by atoms with van der Waals surface area (Å²) in [7, 11) is 0. The van der Waals surface area contributed by atoms with Crippen LogP contribution in [0.15, 0.2) is 66.7 Å². The minimum Gasteiger partial charge on any atom is -0.455 e. The first-order chi connectivity index (χ1) is 15.9. The number of hydrazine groups is 1. The molecule has 3 aromatic carbocycles. The van der Waals surface area contributed by atoms with E-state index in [1.165, 1.54) is 0 Å². The van der Waals surface area contributed by atoms with Crippen molar-refractivity contribution < 1.29 is 23.9 Å². The van der Waals surface area contributed by atoms with Gasteiger partial charge < -0.3 is 10.1 Å². The summed E-state index contributed by atoms with van der Waals surface area (Å²) in [5, 5.41) is 5.72. The quantitative estimate of drug-likeness (QED) is 0.568. The zero-order valence-electron chi connectivity index (χ0n) is 18.0. The summed E-state index contributed by atoms with van der Waals surface area (Å²) in [4.78, 5) is 49.5. The van der Waals surface area contributed by atoms with Crippen molar-refractivity contribution in [1.29, 1.82) is 0 Å². The molecule has 1 atom stereocenters. The fraction of sp³-hybridized carbons (Fsp3) is 0.200. The molecule has 3 amide bonds. The summed E-state index contributed by atoms with van der Waals surface area (Å²) in [5.41, 5.74) is 4.38. The maximum Gasteiger partial charge on any atom is 0.311 e. The molecule has 1 fully saturated rings. The molecule has 2 N–H and O–H groups in total. The number of esters is 1.